The van der Waals surface area contributed by atoms with E-state index < -0.39 is 32.2 Å². The molecule has 28 heavy (non-hydrogen) atoms. The largest absolute Gasteiger partial charge is 0.461 e. The Bertz CT molecular complexity index is 1080. The molecule has 0 amide bonds. The number of carbonyl (C=O) groups excluding carboxylic acids is 2. The van der Waals surface area contributed by atoms with Gasteiger partial charge in [-0.05, 0) is 31.9 Å². The maximum atomic E-state index is 13.1. The zero-order chi connectivity index (χ0) is 20.6. The molecule has 0 N–H and O–H groups in total. The molecule has 0 radical (unpaired) electrons. The van der Waals surface area contributed by atoms with Crippen LogP contribution in [-0.4, -0.2) is 43.1 Å². The number of hydrogen-bond acceptors (Lipinski definition) is 9. The second kappa shape index (κ2) is 7.15. The molecule has 1 saturated carbocycles. The van der Waals surface area contributed by atoms with Gasteiger partial charge in [0.2, 0.25) is 11.5 Å². The number of nitro benzene ring substituents is 1. The van der Waals surface area contributed by atoms with Crippen LogP contribution in [0.2, 0.25) is 0 Å². The maximum absolute atomic E-state index is 13.1. The first-order chi connectivity index (χ1) is 13.1. The Kier molecular flexibility index (Phi) is 5.02. The smallest absolute Gasteiger partial charge is 0.361 e. The van der Waals surface area contributed by atoms with Crippen molar-refractivity contribution >= 4 is 27.3 Å². The molecule has 1 heterocycles. The normalized spacial score (nSPS) is 13.9. The van der Waals surface area contributed by atoms with Crippen LogP contribution in [0, 0.1) is 10.1 Å². The molecule has 0 aliphatic heterocycles. The average Bonchev–Trinajstić information content (AvgIpc) is 3.38. The number of ether oxygens (including phenoxy) is 1. The Hall–Kier alpha value is -3.08. The monoisotopic (exact) mass is 408 g/mol. The van der Waals surface area contributed by atoms with Gasteiger partial charge >= 0.3 is 5.97 Å². The van der Waals surface area contributed by atoms with E-state index in [4.69, 9.17) is 9.26 Å². The number of esters is 1. The quantitative estimate of drug-likeness (QED) is 0.291. The number of rotatable bonds is 7. The molecule has 2 aromatic rings. The molecule has 0 spiro atoms. The van der Waals surface area contributed by atoms with E-state index in [1.54, 1.807) is 6.92 Å². The topological polar surface area (TPSA) is 147 Å². The Morgan fingerprint density at radius 2 is 2.04 bits per heavy atom. The summed E-state index contributed by atoms with van der Waals surface area (Å²) in [5.74, 6) is -1.66. The summed E-state index contributed by atoms with van der Waals surface area (Å²) >= 11 is 0. The van der Waals surface area contributed by atoms with Crippen LogP contribution in [0.25, 0.3) is 0 Å². The Morgan fingerprint density at radius 1 is 1.36 bits per heavy atom. The lowest BCUT2D eigenvalue weighted by Crippen LogP contribution is -2.14. The molecule has 11 heteroatoms. The van der Waals surface area contributed by atoms with E-state index in [-0.39, 0.29) is 40.0 Å². The van der Waals surface area contributed by atoms with Gasteiger partial charge in [0.25, 0.3) is 5.69 Å². The third-order valence-electron chi connectivity index (χ3n) is 4.20. The van der Waals surface area contributed by atoms with Crippen LogP contribution in [0.15, 0.2) is 27.6 Å². The summed E-state index contributed by atoms with van der Waals surface area (Å²) in [7, 11) is -3.72. The maximum Gasteiger partial charge on any atom is 0.361 e. The lowest BCUT2D eigenvalue weighted by Gasteiger charge is -2.06. The van der Waals surface area contributed by atoms with E-state index in [0.717, 1.165) is 37.3 Å². The molecule has 1 aliphatic carbocycles. The second-order valence-corrected chi connectivity index (χ2v) is 8.32. The summed E-state index contributed by atoms with van der Waals surface area (Å²) in [4.78, 5) is 35.6. The Labute approximate surface area is 159 Å². The van der Waals surface area contributed by atoms with Gasteiger partial charge in [-0.1, -0.05) is 5.16 Å². The van der Waals surface area contributed by atoms with Crippen molar-refractivity contribution in [3.63, 3.8) is 0 Å². The minimum atomic E-state index is -3.72. The van der Waals surface area contributed by atoms with Crippen molar-refractivity contribution in [2.45, 2.75) is 30.6 Å². The van der Waals surface area contributed by atoms with Gasteiger partial charge in [0, 0.05) is 18.2 Å². The van der Waals surface area contributed by atoms with Gasteiger partial charge in [-0.15, -0.1) is 0 Å². The molecule has 3 rings (SSSR count). The van der Waals surface area contributed by atoms with Crippen LogP contribution in [0.5, 0.6) is 0 Å². The highest BCUT2D eigenvalue weighted by atomic mass is 32.2. The molecule has 0 bridgehead atoms. The molecule has 1 aromatic carbocycles. The van der Waals surface area contributed by atoms with Gasteiger partial charge in [0.15, 0.2) is 15.6 Å². The minimum absolute atomic E-state index is 0.0429. The summed E-state index contributed by atoms with van der Waals surface area (Å²) in [6.07, 6.45) is 2.36. The highest BCUT2D eigenvalue weighted by Gasteiger charge is 2.39. The molecule has 0 unspecified atom stereocenters. The van der Waals surface area contributed by atoms with Crippen molar-refractivity contribution in [2.75, 3.05) is 12.9 Å². The average molecular weight is 408 g/mol. The Morgan fingerprint density at radius 3 is 2.57 bits per heavy atom. The highest BCUT2D eigenvalue weighted by Crippen LogP contribution is 2.43. The first-order valence-electron chi connectivity index (χ1n) is 8.35. The summed E-state index contributed by atoms with van der Waals surface area (Å²) in [6.45, 7) is 1.62. The van der Waals surface area contributed by atoms with E-state index in [1.807, 2.05) is 0 Å². The van der Waals surface area contributed by atoms with Crippen molar-refractivity contribution in [1.29, 1.82) is 0 Å². The molecule has 1 aromatic heterocycles. The lowest BCUT2D eigenvalue weighted by atomic mass is 9.98. The lowest BCUT2D eigenvalue weighted by molar-refractivity contribution is -0.385. The summed E-state index contributed by atoms with van der Waals surface area (Å²) < 4.78 is 33.4. The van der Waals surface area contributed by atoms with Crippen LogP contribution < -0.4 is 0 Å². The minimum Gasteiger partial charge on any atom is -0.461 e. The van der Waals surface area contributed by atoms with Crippen molar-refractivity contribution < 1.29 is 32.2 Å². The van der Waals surface area contributed by atoms with Gasteiger partial charge in [-0.2, -0.15) is 0 Å². The number of nitrogens with zero attached hydrogens (tertiary/aromatic N) is 2. The predicted octanol–water partition coefficient (Wildman–Crippen LogP) is 2.27. The van der Waals surface area contributed by atoms with E-state index in [0.29, 0.717) is 0 Å². The predicted molar refractivity (Wildman–Crippen MR) is 94.1 cm³/mol. The van der Waals surface area contributed by atoms with E-state index in [1.165, 1.54) is 0 Å². The molecule has 1 fully saturated rings. The molecular formula is C17H16N2O8S. The molecule has 10 nitrogen and oxygen atoms in total. The zero-order valence-electron chi connectivity index (χ0n) is 15.0. The van der Waals surface area contributed by atoms with Crippen LogP contribution >= 0.6 is 0 Å². The third kappa shape index (κ3) is 3.65. The van der Waals surface area contributed by atoms with Crippen molar-refractivity contribution in [3.05, 3.63) is 50.9 Å². The molecular weight excluding hydrogens is 392 g/mol. The third-order valence-corrected chi connectivity index (χ3v) is 5.31. The van der Waals surface area contributed by atoms with E-state index in [9.17, 15) is 28.1 Å². The fraction of sp³-hybridized carbons (Fsp3) is 0.353. The fourth-order valence-corrected chi connectivity index (χ4v) is 3.35. The van der Waals surface area contributed by atoms with Crippen molar-refractivity contribution in [3.8, 4) is 0 Å². The highest BCUT2D eigenvalue weighted by molar-refractivity contribution is 7.90. The van der Waals surface area contributed by atoms with Crippen LogP contribution in [0.3, 0.4) is 0 Å². The summed E-state index contributed by atoms with van der Waals surface area (Å²) in [5.41, 5.74) is -1.59. The zero-order valence-corrected chi connectivity index (χ0v) is 15.8. The van der Waals surface area contributed by atoms with Crippen LogP contribution in [0.4, 0.5) is 5.69 Å². The number of ketones is 1. The number of hydrogen-bond donors (Lipinski definition) is 0. The van der Waals surface area contributed by atoms with Gasteiger partial charge in [0.05, 0.1) is 16.4 Å². The molecule has 148 valence electrons. The number of carbonyl (C=O) groups is 2. The van der Waals surface area contributed by atoms with Gasteiger partial charge in [-0.3, -0.25) is 14.9 Å². The van der Waals surface area contributed by atoms with Gasteiger partial charge < -0.3 is 9.26 Å². The first-order valence-corrected chi connectivity index (χ1v) is 10.2. The van der Waals surface area contributed by atoms with Crippen LogP contribution in [0.1, 0.15) is 57.9 Å². The van der Waals surface area contributed by atoms with Gasteiger partial charge in [0.1, 0.15) is 11.1 Å². The Balaban J connectivity index is 2.16. The fourth-order valence-electron chi connectivity index (χ4n) is 2.71. The SMILES string of the molecule is CCOC(=O)c1noc(C2CC2)c1C(=O)c1ccc(S(C)(=O)=O)cc1[N+](=O)[O-]. The first kappa shape index (κ1) is 19.7. The van der Waals surface area contributed by atoms with Crippen LogP contribution in [-0.2, 0) is 14.6 Å². The molecule has 1 aliphatic rings. The molecule has 0 saturated heterocycles. The number of benzene rings is 1. The number of aromatic nitrogens is 1. The van der Waals surface area contributed by atoms with Crippen molar-refractivity contribution in [2.24, 2.45) is 0 Å². The number of nitro groups is 1. The van der Waals surface area contributed by atoms with Gasteiger partial charge in [-0.25, -0.2) is 13.2 Å². The van der Waals surface area contributed by atoms with Crippen molar-refractivity contribution in [1.82, 2.24) is 5.16 Å². The number of sulfone groups is 1. The molecule has 0 atom stereocenters. The van der Waals surface area contributed by atoms with E-state index >= 15 is 0 Å². The second-order valence-electron chi connectivity index (χ2n) is 6.30. The van der Waals surface area contributed by atoms with E-state index in [2.05, 4.69) is 5.16 Å². The summed E-state index contributed by atoms with van der Waals surface area (Å²) in [6, 6.07) is 2.97. The standard InChI is InChI=1S/C17H16N2O8S/c1-3-26-17(21)14-13(16(27-18-14)9-4-5-9)15(20)11-7-6-10(28(2,24)25)8-12(11)19(22)23/h6-9H,3-5H2,1-2H3. The summed E-state index contributed by atoms with van der Waals surface area (Å²) in [5, 5.41) is 15.1.